The average Bonchev–Trinajstić information content (AvgIpc) is 3.22. The molecule has 0 aliphatic carbocycles. The van der Waals surface area contributed by atoms with Crippen LogP contribution in [0.5, 0.6) is 0 Å². The predicted molar refractivity (Wildman–Crippen MR) is 85.4 cm³/mol. The van der Waals surface area contributed by atoms with Gasteiger partial charge in [-0.05, 0) is 25.2 Å². The normalized spacial score (nSPS) is 27.7. The molecule has 2 aliphatic heterocycles. The van der Waals surface area contributed by atoms with Crippen LogP contribution in [0.25, 0.3) is 11.3 Å². The summed E-state index contributed by atoms with van der Waals surface area (Å²) in [5, 5.41) is 3.71. The molecular formula is C18H23N3. The van der Waals surface area contributed by atoms with Crippen molar-refractivity contribution in [2.75, 3.05) is 0 Å². The van der Waals surface area contributed by atoms with Gasteiger partial charge in [-0.15, -0.1) is 0 Å². The lowest BCUT2D eigenvalue weighted by Gasteiger charge is -2.17. The average molecular weight is 281 g/mol. The summed E-state index contributed by atoms with van der Waals surface area (Å²) in [6.45, 7) is 4.48. The molecule has 2 bridgehead atoms. The van der Waals surface area contributed by atoms with Crippen molar-refractivity contribution in [3.8, 4) is 11.3 Å². The number of aromatic nitrogens is 2. The Morgan fingerprint density at radius 1 is 1.14 bits per heavy atom. The third kappa shape index (κ3) is 2.20. The van der Waals surface area contributed by atoms with Crippen molar-refractivity contribution < 1.29 is 0 Å². The standard InChI is InChI=1S/C18H23N3/c1-11(2)16-17(12-6-4-3-5-7-12)21-18(20-16)14-10-13-8-9-15(14)19-13/h3-7,11,13-15,19H,8-10H2,1-2H3,(H,20,21). The zero-order chi connectivity index (χ0) is 14.4. The van der Waals surface area contributed by atoms with Crippen LogP contribution >= 0.6 is 0 Å². The SMILES string of the molecule is CC(C)c1[nH]c(C2CC3CCC2N3)nc1-c1ccccc1. The monoisotopic (exact) mass is 281 g/mol. The molecule has 1 aromatic heterocycles. The number of hydrogen-bond donors (Lipinski definition) is 2. The molecule has 3 nitrogen and oxygen atoms in total. The molecule has 110 valence electrons. The van der Waals surface area contributed by atoms with E-state index in [-0.39, 0.29) is 0 Å². The van der Waals surface area contributed by atoms with E-state index in [4.69, 9.17) is 4.98 Å². The first-order valence-corrected chi connectivity index (χ1v) is 8.13. The molecule has 21 heavy (non-hydrogen) atoms. The summed E-state index contributed by atoms with van der Waals surface area (Å²) in [5.41, 5.74) is 3.64. The van der Waals surface area contributed by atoms with Gasteiger partial charge in [0.15, 0.2) is 0 Å². The predicted octanol–water partition coefficient (Wildman–Crippen LogP) is 3.81. The number of aromatic amines is 1. The minimum atomic E-state index is 0.466. The Morgan fingerprint density at radius 3 is 2.57 bits per heavy atom. The van der Waals surface area contributed by atoms with Gasteiger partial charge < -0.3 is 10.3 Å². The maximum atomic E-state index is 5.01. The maximum Gasteiger partial charge on any atom is 0.111 e. The molecule has 1 aromatic carbocycles. The van der Waals surface area contributed by atoms with E-state index in [9.17, 15) is 0 Å². The van der Waals surface area contributed by atoms with Crippen LogP contribution in [0.3, 0.4) is 0 Å². The molecule has 2 saturated heterocycles. The van der Waals surface area contributed by atoms with Crippen molar-refractivity contribution in [2.45, 2.75) is 57.0 Å². The van der Waals surface area contributed by atoms with Crippen molar-refractivity contribution in [1.29, 1.82) is 0 Å². The highest BCUT2D eigenvalue weighted by Gasteiger charge is 2.41. The molecule has 0 radical (unpaired) electrons. The van der Waals surface area contributed by atoms with Crippen molar-refractivity contribution in [3.05, 3.63) is 41.9 Å². The fourth-order valence-electron chi connectivity index (χ4n) is 3.94. The van der Waals surface area contributed by atoms with Crippen LogP contribution in [-0.2, 0) is 0 Å². The number of hydrogen-bond acceptors (Lipinski definition) is 2. The van der Waals surface area contributed by atoms with E-state index < -0.39 is 0 Å². The van der Waals surface area contributed by atoms with E-state index in [0.717, 1.165) is 5.69 Å². The first-order chi connectivity index (χ1) is 10.2. The van der Waals surface area contributed by atoms with Crippen molar-refractivity contribution >= 4 is 0 Å². The van der Waals surface area contributed by atoms with E-state index in [1.807, 2.05) is 0 Å². The quantitative estimate of drug-likeness (QED) is 0.898. The van der Waals surface area contributed by atoms with Gasteiger partial charge in [-0.25, -0.2) is 4.98 Å². The Balaban J connectivity index is 1.74. The molecule has 3 atom stereocenters. The van der Waals surface area contributed by atoms with Gasteiger partial charge in [0.1, 0.15) is 5.82 Å². The molecule has 0 spiro atoms. The minimum absolute atomic E-state index is 0.466. The van der Waals surface area contributed by atoms with E-state index in [0.29, 0.717) is 23.9 Å². The van der Waals surface area contributed by atoms with Crippen molar-refractivity contribution in [2.24, 2.45) is 0 Å². The van der Waals surface area contributed by atoms with E-state index in [1.54, 1.807) is 0 Å². The lowest BCUT2D eigenvalue weighted by molar-refractivity contribution is 0.489. The summed E-state index contributed by atoms with van der Waals surface area (Å²) < 4.78 is 0. The zero-order valence-corrected chi connectivity index (χ0v) is 12.8. The summed E-state index contributed by atoms with van der Waals surface area (Å²) >= 11 is 0. The largest absolute Gasteiger partial charge is 0.345 e. The zero-order valence-electron chi connectivity index (χ0n) is 12.8. The van der Waals surface area contributed by atoms with Crippen LogP contribution in [0.1, 0.15) is 56.5 Å². The van der Waals surface area contributed by atoms with Crippen LogP contribution in [0.4, 0.5) is 0 Å². The number of benzene rings is 1. The minimum Gasteiger partial charge on any atom is -0.345 e. The highest BCUT2D eigenvalue weighted by Crippen LogP contribution is 2.40. The Labute approximate surface area is 126 Å². The number of H-pyrrole nitrogens is 1. The highest BCUT2D eigenvalue weighted by atomic mass is 15.1. The Bertz CT molecular complexity index is 629. The third-order valence-corrected chi connectivity index (χ3v) is 5.03. The Morgan fingerprint density at radius 2 is 1.95 bits per heavy atom. The van der Waals surface area contributed by atoms with Gasteiger partial charge in [0.2, 0.25) is 0 Å². The van der Waals surface area contributed by atoms with E-state index >= 15 is 0 Å². The number of nitrogens with zero attached hydrogens (tertiary/aromatic N) is 1. The van der Waals surface area contributed by atoms with Gasteiger partial charge in [0, 0.05) is 29.3 Å². The lowest BCUT2D eigenvalue weighted by atomic mass is 9.89. The summed E-state index contributed by atoms with van der Waals surface area (Å²) in [6, 6.07) is 11.9. The third-order valence-electron chi connectivity index (χ3n) is 5.03. The molecule has 2 aromatic rings. The molecular weight excluding hydrogens is 258 g/mol. The molecule has 3 heterocycles. The summed E-state index contributed by atoms with van der Waals surface area (Å²) in [4.78, 5) is 8.66. The first kappa shape index (κ1) is 13.1. The van der Waals surface area contributed by atoms with Gasteiger partial charge in [-0.2, -0.15) is 0 Å². The van der Waals surface area contributed by atoms with Crippen LogP contribution < -0.4 is 5.32 Å². The van der Waals surface area contributed by atoms with Gasteiger partial charge in [0.25, 0.3) is 0 Å². The number of fused-ring (bicyclic) bond motifs is 2. The summed E-state index contributed by atoms with van der Waals surface area (Å²) in [7, 11) is 0. The number of imidazole rings is 1. The summed E-state index contributed by atoms with van der Waals surface area (Å²) in [6.07, 6.45) is 3.88. The van der Waals surface area contributed by atoms with Crippen molar-refractivity contribution in [1.82, 2.24) is 15.3 Å². The van der Waals surface area contributed by atoms with Gasteiger partial charge in [-0.3, -0.25) is 0 Å². The van der Waals surface area contributed by atoms with Gasteiger partial charge in [-0.1, -0.05) is 44.2 Å². The molecule has 2 fully saturated rings. The molecule has 4 rings (SSSR count). The molecule has 2 aliphatic rings. The van der Waals surface area contributed by atoms with E-state index in [2.05, 4.69) is 54.5 Å². The smallest absolute Gasteiger partial charge is 0.111 e. The Hall–Kier alpha value is -1.61. The maximum absolute atomic E-state index is 5.01. The first-order valence-electron chi connectivity index (χ1n) is 8.13. The topological polar surface area (TPSA) is 40.7 Å². The van der Waals surface area contributed by atoms with E-state index in [1.165, 1.54) is 36.3 Å². The molecule has 2 N–H and O–H groups in total. The number of nitrogens with one attached hydrogen (secondary N) is 2. The second-order valence-electron chi connectivity index (χ2n) is 6.79. The van der Waals surface area contributed by atoms with Gasteiger partial charge >= 0.3 is 0 Å². The van der Waals surface area contributed by atoms with Crippen LogP contribution in [0.15, 0.2) is 30.3 Å². The fraction of sp³-hybridized carbons (Fsp3) is 0.500. The fourth-order valence-corrected chi connectivity index (χ4v) is 3.94. The summed E-state index contributed by atoms with van der Waals surface area (Å²) in [5.74, 6) is 2.23. The Kier molecular flexibility index (Phi) is 3.11. The van der Waals surface area contributed by atoms with Gasteiger partial charge in [0.05, 0.1) is 5.69 Å². The molecule has 0 amide bonds. The van der Waals surface area contributed by atoms with Crippen LogP contribution in [-0.4, -0.2) is 22.1 Å². The van der Waals surface area contributed by atoms with Crippen molar-refractivity contribution in [3.63, 3.8) is 0 Å². The van der Waals surface area contributed by atoms with Crippen LogP contribution in [0.2, 0.25) is 0 Å². The number of rotatable bonds is 3. The second-order valence-corrected chi connectivity index (χ2v) is 6.79. The molecule has 3 unspecified atom stereocenters. The second kappa shape index (κ2) is 4.99. The molecule has 0 saturated carbocycles. The lowest BCUT2D eigenvalue weighted by Crippen LogP contribution is -2.22. The highest BCUT2D eigenvalue weighted by molar-refractivity contribution is 5.62. The van der Waals surface area contributed by atoms with Crippen LogP contribution in [0, 0.1) is 0 Å². The molecule has 3 heteroatoms.